The van der Waals surface area contributed by atoms with E-state index >= 15 is 0 Å². The minimum absolute atomic E-state index is 0.261. The van der Waals surface area contributed by atoms with Crippen molar-refractivity contribution < 1.29 is 14.3 Å². The Balaban J connectivity index is 2.36. The van der Waals surface area contributed by atoms with Crippen molar-refractivity contribution in [1.29, 1.82) is 0 Å². The van der Waals surface area contributed by atoms with Crippen molar-refractivity contribution in [3.63, 3.8) is 0 Å². The van der Waals surface area contributed by atoms with Crippen LogP contribution in [0.2, 0.25) is 0 Å². The Morgan fingerprint density at radius 1 is 1.56 bits per heavy atom. The van der Waals surface area contributed by atoms with Crippen LogP contribution in [0, 0.1) is 5.82 Å². The largest absolute Gasteiger partial charge is 0.480 e. The standard InChI is InChI=1S/C12H14FNO2/c1-8(12(15)16)14-6-2-3-9-7-10(13)4-5-11(9)14/h4-5,7-8H,2-3,6H2,1H3,(H,15,16)/t8-/m1/s1. The van der Waals surface area contributed by atoms with Gasteiger partial charge in [0, 0.05) is 12.2 Å². The molecule has 1 aromatic rings. The molecule has 0 saturated carbocycles. The SMILES string of the molecule is C[C@H](C(=O)O)N1CCCc2cc(F)ccc21. The highest BCUT2D eigenvalue weighted by molar-refractivity contribution is 5.78. The highest BCUT2D eigenvalue weighted by Gasteiger charge is 2.25. The number of benzene rings is 1. The lowest BCUT2D eigenvalue weighted by Crippen LogP contribution is -2.42. The predicted octanol–water partition coefficient (Wildman–Crippen LogP) is 2.05. The van der Waals surface area contributed by atoms with Crippen molar-refractivity contribution in [2.75, 3.05) is 11.4 Å². The Morgan fingerprint density at radius 3 is 3.00 bits per heavy atom. The maximum absolute atomic E-state index is 13.0. The Bertz CT molecular complexity index is 419. The van der Waals surface area contributed by atoms with Crippen molar-refractivity contribution in [3.8, 4) is 0 Å². The molecule has 1 aliphatic rings. The summed E-state index contributed by atoms with van der Waals surface area (Å²) in [6.45, 7) is 2.37. The predicted molar refractivity (Wildman–Crippen MR) is 59.2 cm³/mol. The van der Waals surface area contributed by atoms with E-state index in [1.165, 1.54) is 12.1 Å². The van der Waals surface area contributed by atoms with Gasteiger partial charge in [-0.25, -0.2) is 9.18 Å². The first-order valence-electron chi connectivity index (χ1n) is 5.37. The number of rotatable bonds is 2. The molecule has 1 aliphatic heterocycles. The molecule has 1 N–H and O–H groups in total. The van der Waals surface area contributed by atoms with E-state index in [0.29, 0.717) is 6.54 Å². The Morgan fingerprint density at radius 2 is 2.31 bits per heavy atom. The van der Waals surface area contributed by atoms with Crippen molar-refractivity contribution in [1.82, 2.24) is 0 Å². The average Bonchev–Trinajstić information content (AvgIpc) is 2.26. The minimum Gasteiger partial charge on any atom is -0.480 e. The van der Waals surface area contributed by atoms with E-state index in [-0.39, 0.29) is 5.82 Å². The van der Waals surface area contributed by atoms with Crippen molar-refractivity contribution in [3.05, 3.63) is 29.6 Å². The first-order chi connectivity index (χ1) is 7.59. The number of aryl methyl sites for hydroxylation is 1. The second kappa shape index (κ2) is 4.12. The normalized spacial score (nSPS) is 16.8. The first kappa shape index (κ1) is 10.9. The topological polar surface area (TPSA) is 40.5 Å². The summed E-state index contributed by atoms with van der Waals surface area (Å²) in [6.07, 6.45) is 1.68. The molecule has 4 heteroatoms. The highest BCUT2D eigenvalue weighted by atomic mass is 19.1. The zero-order valence-electron chi connectivity index (χ0n) is 9.11. The molecule has 2 rings (SSSR count). The summed E-state index contributed by atoms with van der Waals surface area (Å²) in [5, 5.41) is 9.00. The van der Waals surface area contributed by atoms with E-state index in [1.807, 2.05) is 4.90 Å². The summed E-state index contributed by atoms with van der Waals surface area (Å²) in [4.78, 5) is 12.8. The molecule has 0 aromatic heterocycles. The van der Waals surface area contributed by atoms with Crippen LogP contribution < -0.4 is 4.90 Å². The van der Waals surface area contributed by atoms with Crippen LogP contribution in [0.15, 0.2) is 18.2 Å². The lowest BCUT2D eigenvalue weighted by molar-refractivity contribution is -0.138. The van der Waals surface area contributed by atoms with Gasteiger partial charge in [0.25, 0.3) is 0 Å². The zero-order chi connectivity index (χ0) is 11.7. The van der Waals surface area contributed by atoms with Crippen molar-refractivity contribution >= 4 is 11.7 Å². The van der Waals surface area contributed by atoms with E-state index in [0.717, 1.165) is 24.1 Å². The van der Waals surface area contributed by atoms with Crippen LogP contribution in [-0.4, -0.2) is 23.7 Å². The summed E-state index contributed by atoms with van der Waals surface area (Å²) in [5.74, 6) is -1.11. The maximum atomic E-state index is 13.0. The number of hydrogen-bond donors (Lipinski definition) is 1. The molecule has 1 heterocycles. The van der Waals surface area contributed by atoms with Crippen LogP contribution >= 0.6 is 0 Å². The lowest BCUT2D eigenvalue weighted by atomic mass is 10.00. The molecule has 0 spiro atoms. The molecule has 0 saturated heterocycles. The van der Waals surface area contributed by atoms with E-state index in [4.69, 9.17) is 5.11 Å². The number of halogens is 1. The summed E-state index contributed by atoms with van der Waals surface area (Å²) in [7, 11) is 0. The summed E-state index contributed by atoms with van der Waals surface area (Å²) in [6, 6.07) is 3.98. The fourth-order valence-electron chi connectivity index (χ4n) is 2.13. The van der Waals surface area contributed by atoms with Gasteiger partial charge in [-0.3, -0.25) is 0 Å². The second-order valence-corrected chi connectivity index (χ2v) is 4.08. The number of fused-ring (bicyclic) bond motifs is 1. The van der Waals surface area contributed by atoms with E-state index in [2.05, 4.69) is 0 Å². The minimum atomic E-state index is -0.850. The summed E-state index contributed by atoms with van der Waals surface area (Å²) >= 11 is 0. The molecule has 0 amide bonds. The van der Waals surface area contributed by atoms with Crippen LogP contribution in [-0.2, 0) is 11.2 Å². The molecule has 0 radical (unpaired) electrons. The molecule has 0 bridgehead atoms. The van der Waals surface area contributed by atoms with Gasteiger partial charge in [-0.2, -0.15) is 0 Å². The maximum Gasteiger partial charge on any atom is 0.326 e. The average molecular weight is 223 g/mol. The highest BCUT2D eigenvalue weighted by Crippen LogP contribution is 2.29. The number of nitrogens with zero attached hydrogens (tertiary/aromatic N) is 1. The van der Waals surface area contributed by atoms with Crippen LogP contribution in [0.25, 0.3) is 0 Å². The quantitative estimate of drug-likeness (QED) is 0.834. The fourth-order valence-corrected chi connectivity index (χ4v) is 2.13. The van der Waals surface area contributed by atoms with Crippen LogP contribution in [0.3, 0.4) is 0 Å². The molecule has 3 nitrogen and oxygen atoms in total. The molecular weight excluding hydrogens is 209 g/mol. The van der Waals surface area contributed by atoms with Gasteiger partial charge in [0.05, 0.1) is 0 Å². The van der Waals surface area contributed by atoms with Crippen LogP contribution in [0.5, 0.6) is 0 Å². The Hall–Kier alpha value is -1.58. The molecule has 0 fully saturated rings. The van der Waals surface area contributed by atoms with E-state index in [1.54, 1.807) is 13.0 Å². The van der Waals surface area contributed by atoms with Gasteiger partial charge >= 0.3 is 5.97 Å². The van der Waals surface area contributed by atoms with Crippen molar-refractivity contribution in [2.45, 2.75) is 25.8 Å². The number of carboxylic acids is 1. The Labute approximate surface area is 93.5 Å². The number of carbonyl (C=O) groups is 1. The van der Waals surface area contributed by atoms with Gasteiger partial charge in [-0.1, -0.05) is 0 Å². The van der Waals surface area contributed by atoms with Gasteiger partial charge in [-0.15, -0.1) is 0 Å². The summed E-state index contributed by atoms with van der Waals surface area (Å²) in [5.41, 5.74) is 1.75. The van der Waals surface area contributed by atoms with E-state index in [9.17, 15) is 9.18 Å². The molecule has 86 valence electrons. The molecule has 0 unspecified atom stereocenters. The van der Waals surface area contributed by atoms with Gasteiger partial charge in [0.1, 0.15) is 11.9 Å². The Kier molecular flexibility index (Phi) is 2.81. The van der Waals surface area contributed by atoms with Gasteiger partial charge in [0.2, 0.25) is 0 Å². The van der Waals surface area contributed by atoms with Crippen LogP contribution in [0.1, 0.15) is 18.9 Å². The smallest absolute Gasteiger partial charge is 0.326 e. The van der Waals surface area contributed by atoms with Gasteiger partial charge in [-0.05, 0) is 43.5 Å². The number of anilines is 1. The van der Waals surface area contributed by atoms with E-state index < -0.39 is 12.0 Å². The number of hydrogen-bond acceptors (Lipinski definition) is 2. The lowest BCUT2D eigenvalue weighted by Gasteiger charge is -2.34. The zero-order valence-corrected chi connectivity index (χ0v) is 9.11. The number of carboxylic acid groups (broad SMARTS) is 1. The second-order valence-electron chi connectivity index (χ2n) is 4.08. The fraction of sp³-hybridized carbons (Fsp3) is 0.417. The molecule has 0 aliphatic carbocycles. The summed E-state index contributed by atoms with van der Waals surface area (Å²) < 4.78 is 13.0. The molecule has 1 aromatic carbocycles. The van der Waals surface area contributed by atoms with Gasteiger partial charge in [0.15, 0.2) is 0 Å². The molecule has 1 atom stereocenters. The van der Waals surface area contributed by atoms with Crippen molar-refractivity contribution in [2.24, 2.45) is 0 Å². The monoisotopic (exact) mass is 223 g/mol. The third kappa shape index (κ3) is 1.87. The van der Waals surface area contributed by atoms with Gasteiger partial charge < -0.3 is 10.0 Å². The molecule has 16 heavy (non-hydrogen) atoms. The van der Waals surface area contributed by atoms with Crippen LogP contribution in [0.4, 0.5) is 10.1 Å². The molecular formula is C12H14FNO2. The first-order valence-corrected chi connectivity index (χ1v) is 5.37. The third-order valence-corrected chi connectivity index (χ3v) is 3.02. The third-order valence-electron chi connectivity index (χ3n) is 3.02. The number of aliphatic carboxylic acids is 1.